The first-order chi connectivity index (χ1) is 18.5. The van der Waals surface area contributed by atoms with Gasteiger partial charge in [0.2, 0.25) is 0 Å². The van der Waals surface area contributed by atoms with Gasteiger partial charge in [-0.3, -0.25) is 9.48 Å². The lowest BCUT2D eigenvalue weighted by Gasteiger charge is -2.26. The number of ether oxygens (including phenoxy) is 2. The van der Waals surface area contributed by atoms with Gasteiger partial charge < -0.3 is 20.3 Å². The van der Waals surface area contributed by atoms with Crippen LogP contribution in [0.2, 0.25) is 0 Å². The second kappa shape index (κ2) is 9.70. The average Bonchev–Trinajstić information content (AvgIpc) is 3.24. The highest BCUT2D eigenvalue weighted by Gasteiger charge is 2.24. The zero-order valence-corrected chi connectivity index (χ0v) is 21.1. The highest BCUT2D eigenvalue weighted by molar-refractivity contribution is 6.02. The fourth-order valence-electron chi connectivity index (χ4n) is 5.21. The maximum atomic E-state index is 11.5. The SMILES string of the molecule is COc1cccc(OCc2nn(C3CCC3)c3ccc(-c4cccc5c(N)nccc45)cc23)c1CC(=O)O. The van der Waals surface area contributed by atoms with E-state index in [0.29, 0.717) is 28.9 Å². The number of nitrogens with zero attached hydrogens (tertiary/aromatic N) is 3. The molecular weight excluding hydrogens is 480 g/mol. The zero-order chi connectivity index (χ0) is 26.2. The van der Waals surface area contributed by atoms with E-state index in [0.717, 1.165) is 51.3 Å². The number of carboxylic acid groups (broad SMARTS) is 1. The van der Waals surface area contributed by atoms with Gasteiger partial charge in [0.25, 0.3) is 0 Å². The van der Waals surface area contributed by atoms with Crippen molar-refractivity contribution in [3.05, 3.63) is 78.1 Å². The van der Waals surface area contributed by atoms with E-state index in [1.54, 1.807) is 24.4 Å². The second-order valence-electron chi connectivity index (χ2n) is 9.60. The molecule has 5 aromatic rings. The van der Waals surface area contributed by atoms with Crippen molar-refractivity contribution in [1.29, 1.82) is 0 Å². The maximum Gasteiger partial charge on any atom is 0.308 e. The van der Waals surface area contributed by atoms with Crippen LogP contribution < -0.4 is 15.2 Å². The molecule has 0 unspecified atom stereocenters. The highest BCUT2D eigenvalue weighted by atomic mass is 16.5. The lowest BCUT2D eigenvalue weighted by Crippen LogP contribution is -2.18. The maximum absolute atomic E-state index is 11.5. The quantitative estimate of drug-likeness (QED) is 0.273. The van der Waals surface area contributed by atoms with E-state index in [2.05, 4.69) is 33.9 Å². The normalized spacial score (nSPS) is 13.5. The molecule has 192 valence electrons. The lowest BCUT2D eigenvalue weighted by molar-refractivity contribution is -0.136. The minimum Gasteiger partial charge on any atom is -0.496 e. The number of fused-ring (bicyclic) bond motifs is 2. The van der Waals surface area contributed by atoms with Gasteiger partial charge in [-0.15, -0.1) is 0 Å². The molecule has 0 saturated heterocycles. The molecule has 0 radical (unpaired) electrons. The van der Waals surface area contributed by atoms with E-state index in [1.165, 1.54) is 13.5 Å². The molecule has 1 aliphatic rings. The van der Waals surface area contributed by atoms with E-state index >= 15 is 0 Å². The Balaban J connectivity index is 1.42. The van der Waals surface area contributed by atoms with E-state index in [1.807, 2.05) is 18.2 Å². The van der Waals surface area contributed by atoms with Gasteiger partial charge in [-0.1, -0.05) is 30.3 Å². The van der Waals surface area contributed by atoms with Crippen LogP contribution in [0, 0.1) is 0 Å². The van der Waals surface area contributed by atoms with Gasteiger partial charge in [-0.25, -0.2) is 4.98 Å². The number of rotatable bonds is 8. The number of aliphatic carboxylic acids is 1. The molecule has 0 atom stereocenters. The van der Waals surface area contributed by atoms with Gasteiger partial charge in [0.15, 0.2) is 0 Å². The Kier molecular flexibility index (Phi) is 6.07. The van der Waals surface area contributed by atoms with Gasteiger partial charge >= 0.3 is 5.97 Å². The van der Waals surface area contributed by atoms with Crippen molar-refractivity contribution in [2.24, 2.45) is 0 Å². The van der Waals surface area contributed by atoms with Crippen LogP contribution in [0.15, 0.2) is 66.9 Å². The predicted molar refractivity (Wildman–Crippen MR) is 146 cm³/mol. The Morgan fingerprint density at radius 2 is 1.87 bits per heavy atom. The van der Waals surface area contributed by atoms with Crippen LogP contribution in [-0.4, -0.2) is 33.0 Å². The fraction of sp³-hybridized carbons (Fsp3) is 0.233. The third-order valence-corrected chi connectivity index (χ3v) is 7.35. The smallest absolute Gasteiger partial charge is 0.308 e. The Bertz CT molecular complexity index is 1670. The fourth-order valence-corrected chi connectivity index (χ4v) is 5.21. The monoisotopic (exact) mass is 508 g/mol. The van der Waals surface area contributed by atoms with Crippen LogP contribution in [-0.2, 0) is 17.8 Å². The number of methoxy groups -OCH3 is 1. The van der Waals surface area contributed by atoms with Crippen LogP contribution >= 0.6 is 0 Å². The molecule has 8 heteroatoms. The van der Waals surface area contributed by atoms with Gasteiger partial charge in [0, 0.05) is 22.5 Å². The number of carbonyl (C=O) groups is 1. The second-order valence-corrected chi connectivity index (χ2v) is 9.60. The van der Waals surface area contributed by atoms with Crippen LogP contribution in [0.25, 0.3) is 32.8 Å². The molecule has 0 aliphatic heterocycles. The standard InChI is InChI=1S/C30H28N4O4/c1-37-27-9-4-10-28(24(27)16-29(35)36)38-17-25-23-15-18(11-12-26(23)34(33-25)19-5-2-6-19)20-7-3-8-22-21(20)13-14-32-30(22)31/h3-4,7-15,19H,2,5-6,16-17H2,1H3,(H2,31,32)(H,35,36). The summed E-state index contributed by atoms with van der Waals surface area (Å²) in [5, 5.41) is 17.4. The summed E-state index contributed by atoms with van der Waals surface area (Å²) in [6.45, 7) is 0.200. The van der Waals surface area contributed by atoms with E-state index in [-0.39, 0.29) is 13.0 Å². The molecule has 2 aromatic heterocycles. The number of hydrogen-bond donors (Lipinski definition) is 2. The molecule has 1 saturated carbocycles. The van der Waals surface area contributed by atoms with Gasteiger partial charge in [0.1, 0.15) is 29.6 Å². The number of hydrogen-bond acceptors (Lipinski definition) is 6. The molecular formula is C30H28N4O4. The topological polar surface area (TPSA) is 112 Å². The average molecular weight is 509 g/mol. The van der Waals surface area contributed by atoms with Gasteiger partial charge in [-0.05, 0) is 66.1 Å². The first-order valence-electron chi connectivity index (χ1n) is 12.7. The molecule has 6 rings (SSSR count). The minimum absolute atomic E-state index is 0.195. The Labute approximate surface area is 219 Å². The van der Waals surface area contributed by atoms with Crippen molar-refractivity contribution in [3.8, 4) is 22.6 Å². The summed E-state index contributed by atoms with van der Waals surface area (Å²) in [5.41, 5.74) is 10.6. The van der Waals surface area contributed by atoms with Gasteiger partial charge in [-0.2, -0.15) is 5.10 Å². The van der Waals surface area contributed by atoms with Crippen molar-refractivity contribution in [2.75, 3.05) is 12.8 Å². The third kappa shape index (κ3) is 4.18. The summed E-state index contributed by atoms with van der Waals surface area (Å²) in [4.78, 5) is 15.7. The van der Waals surface area contributed by atoms with Gasteiger partial charge in [0.05, 0.1) is 25.1 Å². The molecule has 8 nitrogen and oxygen atoms in total. The number of anilines is 1. The summed E-state index contributed by atoms with van der Waals surface area (Å²) < 4.78 is 13.7. The van der Waals surface area contributed by atoms with Crippen LogP contribution in [0.1, 0.15) is 36.6 Å². The van der Waals surface area contributed by atoms with Crippen molar-refractivity contribution < 1.29 is 19.4 Å². The van der Waals surface area contributed by atoms with Crippen molar-refractivity contribution in [2.45, 2.75) is 38.3 Å². The summed E-state index contributed by atoms with van der Waals surface area (Å²) >= 11 is 0. The number of benzene rings is 3. The minimum atomic E-state index is -0.949. The van der Waals surface area contributed by atoms with E-state index < -0.39 is 5.97 Å². The lowest BCUT2D eigenvalue weighted by atomic mass is 9.93. The first-order valence-corrected chi connectivity index (χ1v) is 12.7. The molecule has 3 N–H and O–H groups in total. The van der Waals surface area contributed by atoms with Crippen molar-refractivity contribution >= 4 is 33.5 Å². The molecule has 2 heterocycles. The highest BCUT2D eigenvalue weighted by Crippen LogP contribution is 2.38. The third-order valence-electron chi connectivity index (χ3n) is 7.35. The number of nitrogen functional groups attached to an aromatic ring is 1. The molecule has 0 spiro atoms. The van der Waals surface area contributed by atoms with Crippen LogP contribution in [0.3, 0.4) is 0 Å². The predicted octanol–water partition coefficient (Wildman–Crippen LogP) is 5.77. The number of pyridine rings is 1. The summed E-state index contributed by atoms with van der Waals surface area (Å²) in [6, 6.07) is 20.1. The Hall–Kier alpha value is -4.59. The molecule has 3 aromatic carbocycles. The summed E-state index contributed by atoms with van der Waals surface area (Å²) in [6.07, 6.45) is 4.94. The number of carboxylic acids is 1. The molecule has 1 fully saturated rings. The van der Waals surface area contributed by atoms with Crippen LogP contribution in [0.4, 0.5) is 5.82 Å². The summed E-state index contributed by atoms with van der Waals surface area (Å²) in [7, 11) is 1.52. The molecule has 1 aliphatic carbocycles. The van der Waals surface area contributed by atoms with Crippen molar-refractivity contribution in [3.63, 3.8) is 0 Å². The summed E-state index contributed by atoms with van der Waals surface area (Å²) in [5.74, 6) is 0.524. The molecule has 38 heavy (non-hydrogen) atoms. The Morgan fingerprint density at radius 1 is 1.05 bits per heavy atom. The van der Waals surface area contributed by atoms with E-state index in [9.17, 15) is 9.90 Å². The molecule has 0 amide bonds. The largest absolute Gasteiger partial charge is 0.496 e. The van der Waals surface area contributed by atoms with E-state index in [4.69, 9.17) is 20.3 Å². The number of aromatic nitrogens is 3. The van der Waals surface area contributed by atoms with Crippen molar-refractivity contribution in [1.82, 2.24) is 14.8 Å². The number of nitrogens with two attached hydrogens (primary N) is 1. The zero-order valence-electron chi connectivity index (χ0n) is 21.1. The Morgan fingerprint density at radius 3 is 2.63 bits per heavy atom. The van der Waals surface area contributed by atoms with Crippen LogP contribution in [0.5, 0.6) is 11.5 Å². The molecule has 0 bridgehead atoms. The first kappa shape index (κ1) is 23.8.